The number of carbonyl (C=O) groups is 1. The number of carbonyl (C=O) groups excluding carboxylic acids is 1. The number of hydrogen-bond donors (Lipinski definition) is 3. The summed E-state index contributed by atoms with van der Waals surface area (Å²) in [6, 6.07) is 3.38. The van der Waals surface area contributed by atoms with Crippen molar-refractivity contribution in [3.05, 3.63) is 23.8 Å². The minimum atomic E-state index is -4.16. The summed E-state index contributed by atoms with van der Waals surface area (Å²) < 4.78 is 55.3. The lowest BCUT2D eigenvalue weighted by molar-refractivity contribution is 0.0436. The maximum absolute atomic E-state index is 12.7. The van der Waals surface area contributed by atoms with Crippen molar-refractivity contribution in [2.24, 2.45) is 0 Å². The Morgan fingerprint density at radius 1 is 1.06 bits per heavy atom. The Morgan fingerprint density at radius 3 is 2.22 bits per heavy atom. The van der Waals surface area contributed by atoms with Crippen LogP contribution >= 0.6 is 15.6 Å². The summed E-state index contributed by atoms with van der Waals surface area (Å²) in [6.07, 6.45) is 5.47. The van der Waals surface area contributed by atoms with Crippen LogP contribution < -0.4 is 5.32 Å². The molecule has 0 aromatic heterocycles. The van der Waals surface area contributed by atoms with Crippen LogP contribution in [0.5, 0.6) is 11.5 Å². The standard InChI is InChI=1S/C18H27NO11P2/c1-5-25-31(23,26-6-2)29-13-15(30-32(24,27-7-3)28-8-4)12-19-18(22)16-11-14(20)9-10-17(16)21/h1,9-11,15,20-21H,6-8,12-13H2,2-4H3,(H,19,22). The lowest BCUT2D eigenvalue weighted by atomic mass is 10.1. The molecule has 1 aromatic carbocycles. The number of amides is 1. The molecule has 32 heavy (non-hydrogen) atoms. The summed E-state index contributed by atoms with van der Waals surface area (Å²) >= 11 is 0. The van der Waals surface area contributed by atoms with Crippen LogP contribution in [0.25, 0.3) is 0 Å². The van der Waals surface area contributed by atoms with E-state index in [9.17, 15) is 24.1 Å². The molecule has 0 saturated heterocycles. The van der Waals surface area contributed by atoms with E-state index >= 15 is 0 Å². The van der Waals surface area contributed by atoms with Crippen molar-refractivity contribution < 1.29 is 51.3 Å². The van der Waals surface area contributed by atoms with Gasteiger partial charge >= 0.3 is 15.6 Å². The summed E-state index contributed by atoms with van der Waals surface area (Å²) in [5, 5.41) is 21.8. The Morgan fingerprint density at radius 2 is 1.66 bits per heavy atom. The van der Waals surface area contributed by atoms with Gasteiger partial charge in [-0.1, -0.05) is 6.42 Å². The Hall–Kier alpha value is -2.09. The van der Waals surface area contributed by atoms with E-state index in [1.54, 1.807) is 20.0 Å². The zero-order valence-corrected chi connectivity index (χ0v) is 19.7. The van der Waals surface area contributed by atoms with E-state index in [2.05, 4.69) is 9.84 Å². The number of nitrogens with one attached hydrogen (secondary N) is 1. The topological polar surface area (TPSA) is 159 Å². The van der Waals surface area contributed by atoms with Gasteiger partial charge in [0.05, 0.1) is 32.0 Å². The molecule has 1 aromatic rings. The fourth-order valence-corrected chi connectivity index (χ4v) is 4.52. The highest BCUT2D eigenvalue weighted by molar-refractivity contribution is 7.49. The van der Waals surface area contributed by atoms with E-state index in [0.717, 1.165) is 12.1 Å². The van der Waals surface area contributed by atoms with Crippen molar-refractivity contribution in [1.29, 1.82) is 0 Å². The zero-order chi connectivity index (χ0) is 24.2. The second-order valence-corrected chi connectivity index (χ2v) is 9.01. The molecule has 1 rings (SSSR count). The van der Waals surface area contributed by atoms with Crippen molar-refractivity contribution in [3.63, 3.8) is 0 Å². The van der Waals surface area contributed by atoms with Crippen molar-refractivity contribution >= 4 is 21.6 Å². The van der Waals surface area contributed by atoms with E-state index in [4.69, 9.17) is 29.0 Å². The third kappa shape index (κ3) is 9.18. The Labute approximate surface area is 186 Å². The second kappa shape index (κ2) is 13.5. The first-order valence-electron chi connectivity index (χ1n) is 9.52. The largest absolute Gasteiger partial charge is 0.538 e. The molecule has 0 radical (unpaired) electrons. The van der Waals surface area contributed by atoms with E-state index in [1.807, 2.05) is 0 Å². The molecule has 0 aliphatic heterocycles. The molecule has 3 N–H and O–H groups in total. The number of terminal acetylenes is 1. The molecule has 180 valence electrons. The average molecular weight is 495 g/mol. The van der Waals surface area contributed by atoms with Crippen LogP contribution in [-0.4, -0.2) is 55.2 Å². The predicted molar refractivity (Wildman–Crippen MR) is 113 cm³/mol. The van der Waals surface area contributed by atoms with Gasteiger partial charge in [0.15, 0.2) is 0 Å². The predicted octanol–water partition coefficient (Wildman–Crippen LogP) is 3.16. The smallest absolute Gasteiger partial charge is 0.508 e. The molecule has 0 heterocycles. The van der Waals surface area contributed by atoms with Crippen molar-refractivity contribution in [3.8, 4) is 24.0 Å². The minimum Gasteiger partial charge on any atom is -0.508 e. The number of benzene rings is 1. The molecule has 2 atom stereocenters. The van der Waals surface area contributed by atoms with Gasteiger partial charge in [-0.3, -0.25) is 27.4 Å². The van der Waals surface area contributed by atoms with Gasteiger partial charge in [0.25, 0.3) is 5.91 Å². The van der Waals surface area contributed by atoms with Gasteiger partial charge in [-0.25, -0.2) is 9.13 Å². The number of phenolic OH excluding ortho intramolecular Hbond substituents is 2. The van der Waals surface area contributed by atoms with Crippen LogP contribution in [0.1, 0.15) is 31.1 Å². The number of phosphoric ester groups is 2. The van der Waals surface area contributed by atoms with Crippen LogP contribution in [0.15, 0.2) is 18.2 Å². The fourth-order valence-electron chi connectivity index (χ4n) is 2.22. The lowest BCUT2D eigenvalue weighted by Gasteiger charge is -2.24. The maximum atomic E-state index is 12.7. The number of phosphoric acid groups is 2. The third-order valence-corrected chi connectivity index (χ3v) is 6.51. The third-order valence-electron chi connectivity index (χ3n) is 3.44. The van der Waals surface area contributed by atoms with Crippen molar-refractivity contribution in [2.75, 3.05) is 33.0 Å². The molecule has 0 saturated carbocycles. The van der Waals surface area contributed by atoms with Gasteiger partial charge in [0, 0.05) is 6.54 Å². The van der Waals surface area contributed by atoms with E-state index in [1.165, 1.54) is 13.0 Å². The van der Waals surface area contributed by atoms with E-state index in [-0.39, 0.29) is 43.4 Å². The highest BCUT2D eigenvalue weighted by atomic mass is 31.2. The minimum absolute atomic E-state index is 0.00791. The van der Waals surface area contributed by atoms with Gasteiger partial charge in [-0.2, -0.15) is 0 Å². The van der Waals surface area contributed by atoms with Crippen molar-refractivity contribution in [2.45, 2.75) is 26.9 Å². The number of hydrogen-bond acceptors (Lipinski definition) is 11. The Kier molecular flexibility index (Phi) is 11.8. The summed E-state index contributed by atoms with van der Waals surface area (Å²) in [7, 11) is -8.23. The number of aromatic hydroxyl groups is 2. The van der Waals surface area contributed by atoms with Gasteiger partial charge in [0.2, 0.25) is 0 Å². The molecule has 0 bridgehead atoms. The quantitative estimate of drug-likeness (QED) is 0.186. The first kappa shape index (κ1) is 27.9. The van der Waals surface area contributed by atoms with Crippen LogP contribution in [0, 0.1) is 12.5 Å². The van der Waals surface area contributed by atoms with Crippen LogP contribution in [0.2, 0.25) is 0 Å². The van der Waals surface area contributed by atoms with Gasteiger partial charge in [0.1, 0.15) is 23.7 Å². The first-order chi connectivity index (χ1) is 15.1. The normalized spacial score (nSPS) is 14.2. The Balaban J connectivity index is 3.01. The summed E-state index contributed by atoms with van der Waals surface area (Å²) in [4.78, 5) is 12.4. The average Bonchev–Trinajstić information content (AvgIpc) is 2.72. The SMILES string of the molecule is C#COP(=O)(OCC)OCC(CNC(=O)c1cc(O)ccc1O)OP(=O)(OCC)OCC. The maximum Gasteiger partial charge on any atom is 0.538 e. The zero-order valence-electron chi connectivity index (χ0n) is 17.9. The van der Waals surface area contributed by atoms with Gasteiger partial charge < -0.3 is 20.1 Å². The molecule has 0 spiro atoms. The lowest BCUT2D eigenvalue weighted by Crippen LogP contribution is -2.36. The molecule has 0 aliphatic rings. The Bertz CT molecular complexity index is 876. The molecular formula is C18H27NO11P2. The van der Waals surface area contributed by atoms with Crippen LogP contribution in [0.3, 0.4) is 0 Å². The summed E-state index contributed by atoms with van der Waals surface area (Å²) in [6.45, 7) is 3.68. The molecule has 12 nitrogen and oxygen atoms in total. The van der Waals surface area contributed by atoms with Crippen LogP contribution in [-0.2, 0) is 36.3 Å². The first-order valence-corrected chi connectivity index (χ1v) is 12.4. The van der Waals surface area contributed by atoms with Gasteiger partial charge in [-0.15, -0.1) is 0 Å². The molecule has 0 fully saturated rings. The monoisotopic (exact) mass is 495 g/mol. The highest BCUT2D eigenvalue weighted by Crippen LogP contribution is 2.52. The van der Waals surface area contributed by atoms with Gasteiger partial charge in [-0.05, 0) is 39.0 Å². The molecule has 14 heteroatoms. The molecular weight excluding hydrogens is 468 g/mol. The molecule has 1 amide bonds. The van der Waals surface area contributed by atoms with E-state index in [0.29, 0.717) is 0 Å². The van der Waals surface area contributed by atoms with Crippen molar-refractivity contribution in [1.82, 2.24) is 5.32 Å². The van der Waals surface area contributed by atoms with Crippen LogP contribution in [0.4, 0.5) is 0 Å². The number of rotatable bonds is 15. The van der Waals surface area contributed by atoms with E-state index < -0.39 is 34.3 Å². The summed E-state index contributed by atoms with van der Waals surface area (Å²) in [5.41, 5.74) is -0.224. The summed E-state index contributed by atoms with van der Waals surface area (Å²) in [5.74, 6) is -1.42. The highest BCUT2D eigenvalue weighted by Gasteiger charge is 2.34. The fraction of sp³-hybridized carbons (Fsp3) is 0.500. The number of phenols is 2. The molecule has 2 unspecified atom stereocenters. The second-order valence-electron chi connectivity index (χ2n) is 5.79. The molecule has 0 aliphatic carbocycles.